The van der Waals surface area contributed by atoms with Gasteiger partial charge < -0.3 is 10.3 Å². The minimum absolute atomic E-state index is 0.102. The lowest BCUT2D eigenvalue weighted by Gasteiger charge is -2.10. The predicted molar refractivity (Wildman–Crippen MR) is 23.7 cm³/mol. The fraction of sp³-hybridized carbons (Fsp3) is 0.750. The lowest BCUT2D eigenvalue weighted by Crippen LogP contribution is -3.05. The van der Waals surface area contributed by atoms with E-state index in [9.17, 15) is 10.0 Å². The van der Waals surface area contributed by atoms with Crippen LogP contribution in [0.2, 0.25) is 0 Å². The number of carbonyl (C=O) groups is 1. The van der Waals surface area contributed by atoms with Crippen molar-refractivity contribution in [3.8, 4) is 0 Å². The van der Waals surface area contributed by atoms with Crippen molar-refractivity contribution in [1.29, 1.82) is 0 Å². The molecule has 1 aliphatic rings. The van der Waals surface area contributed by atoms with Gasteiger partial charge in [-0.2, -0.15) is 0 Å². The minimum Gasteiger partial charge on any atom is -0.634 e. The van der Waals surface area contributed by atoms with E-state index >= 15 is 0 Å². The quantitative estimate of drug-likeness (QED) is 0.371. The average Bonchev–Trinajstić information content (AvgIpc) is 1.87. The van der Waals surface area contributed by atoms with Gasteiger partial charge >= 0.3 is 0 Å². The van der Waals surface area contributed by atoms with Crippen molar-refractivity contribution < 1.29 is 9.86 Å². The minimum atomic E-state index is 0.102. The standard InChI is InChI=1S/C4H7NO2/c6-4-1-2-5(7)3-4/h5H,1-3H2. The molecule has 1 saturated heterocycles. The lowest BCUT2D eigenvalue weighted by molar-refractivity contribution is -0.829. The maximum absolute atomic E-state index is 10.2. The summed E-state index contributed by atoms with van der Waals surface area (Å²) >= 11 is 0. The van der Waals surface area contributed by atoms with Gasteiger partial charge in [0, 0.05) is 0 Å². The molecule has 0 radical (unpaired) electrons. The Balaban J connectivity index is 2.40. The highest BCUT2D eigenvalue weighted by atomic mass is 16.5. The fourth-order valence-corrected chi connectivity index (χ4v) is 0.676. The summed E-state index contributed by atoms with van der Waals surface area (Å²) < 4.78 is 0. The van der Waals surface area contributed by atoms with Crippen LogP contribution in [-0.4, -0.2) is 18.9 Å². The first-order valence-electron chi connectivity index (χ1n) is 2.32. The van der Waals surface area contributed by atoms with Gasteiger partial charge in [-0.3, -0.25) is 4.79 Å². The number of hydroxylamine groups is 2. The second-order valence-corrected chi connectivity index (χ2v) is 1.75. The molecule has 1 N–H and O–H groups in total. The number of ketones is 1. The van der Waals surface area contributed by atoms with E-state index in [-0.39, 0.29) is 17.4 Å². The Morgan fingerprint density at radius 3 is 2.57 bits per heavy atom. The summed E-state index contributed by atoms with van der Waals surface area (Å²) in [5, 5.41) is 10.3. The number of nitrogens with one attached hydrogen (secondary N) is 1. The number of Topliss-reactive ketones (excluding diaryl/α,β-unsaturated/α-hetero) is 1. The van der Waals surface area contributed by atoms with E-state index in [1.807, 2.05) is 0 Å². The molecule has 1 fully saturated rings. The van der Waals surface area contributed by atoms with E-state index in [4.69, 9.17) is 0 Å². The van der Waals surface area contributed by atoms with Crippen LogP contribution in [0.5, 0.6) is 0 Å². The number of carbonyl (C=O) groups excluding carboxylic acids is 1. The molecule has 1 aliphatic heterocycles. The Kier molecular flexibility index (Phi) is 1.08. The first kappa shape index (κ1) is 4.74. The number of hydrogen-bond donors (Lipinski definition) is 1. The maximum Gasteiger partial charge on any atom is 0.192 e. The van der Waals surface area contributed by atoms with Crippen molar-refractivity contribution >= 4 is 5.78 Å². The van der Waals surface area contributed by atoms with E-state index in [1.165, 1.54) is 0 Å². The summed E-state index contributed by atoms with van der Waals surface area (Å²) in [7, 11) is 0. The van der Waals surface area contributed by atoms with Gasteiger partial charge in [-0.1, -0.05) is 0 Å². The predicted octanol–water partition coefficient (Wildman–Crippen LogP) is -1.66. The molecule has 1 unspecified atom stereocenters. The zero-order valence-electron chi connectivity index (χ0n) is 3.94. The van der Waals surface area contributed by atoms with Crippen LogP contribution in [-0.2, 0) is 4.79 Å². The summed E-state index contributed by atoms with van der Waals surface area (Å²) in [5.41, 5.74) is 0. The third-order valence-corrected chi connectivity index (χ3v) is 1.08. The number of quaternary nitrogens is 1. The van der Waals surface area contributed by atoms with Crippen molar-refractivity contribution in [2.45, 2.75) is 6.42 Å². The zero-order valence-corrected chi connectivity index (χ0v) is 3.94. The molecule has 0 aromatic carbocycles. The van der Waals surface area contributed by atoms with Crippen molar-refractivity contribution in [3.63, 3.8) is 0 Å². The summed E-state index contributed by atoms with van der Waals surface area (Å²) in [6.45, 7) is 0.679. The molecule has 40 valence electrons. The Hall–Kier alpha value is -0.410. The van der Waals surface area contributed by atoms with Crippen molar-refractivity contribution in [2.24, 2.45) is 0 Å². The van der Waals surface area contributed by atoms with Gasteiger partial charge in [0.1, 0.15) is 6.54 Å². The van der Waals surface area contributed by atoms with E-state index in [0.717, 1.165) is 0 Å². The molecule has 0 aliphatic carbocycles. The third kappa shape index (κ3) is 0.976. The molecule has 7 heavy (non-hydrogen) atoms. The van der Waals surface area contributed by atoms with Crippen LogP contribution in [0.4, 0.5) is 0 Å². The molecule has 0 aromatic heterocycles. The second-order valence-electron chi connectivity index (χ2n) is 1.75. The smallest absolute Gasteiger partial charge is 0.192 e. The van der Waals surface area contributed by atoms with Crippen LogP contribution in [0.25, 0.3) is 0 Å². The molecule has 0 bridgehead atoms. The molecule has 0 aromatic rings. The summed E-state index contributed by atoms with van der Waals surface area (Å²) in [4.78, 5) is 10.2. The summed E-state index contributed by atoms with van der Waals surface area (Å²) in [6, 6.07) is 0. The normalized spacial score (nSPS) is 31.6. The second kappa shape index (κ2) is 1.60. The van der Waals surface area contributed by atoms with Gasteiger partial charge in [-0.05, 0) is 0 Å². The van der Waals surface area contributed by atoms with Crippen LogP contribution in [0, 0.1) is 5.21 Å². The lowest BCUT2D eigenvalue weighted by atomic mass is 10.4. The average molecular weight is 101 g/mol. The molecular formula is C4H7NO2. The largest absolute Gasteiger partial charge is 0.634 e. The first-order valence-corrected chi connectivity index (χ1v) is 2.32. The van der Waals surface area contributed by atoms with E-state index < -0.39 is 0 Å². The summed E-state index contributed by atoms with van der Waals surface area (Å²) in [6.07, 6.45) is 0.485. The van der Waals surface area contributed by atoms with Crippen molar-refractivity contribution in [3.05, 3.63) is 5.21 Å². The van der Waals surface area contributed by atoms with Crippen LogP contribution in [0.15, 0.2) is 0 Å². The van der Waals surface area contributed by atoms with Gasteiger partial charge in [0.2, 0.25) is 0 Å². The SMILES string of the molecule is O=C1CC[NH+]([O-])C1. The molecule has 1 rings (SSSR count). The molecule has 0 spiro atoms. The third-order valence-electron chi connectivity index (χ3n) is 1.08. The summed E-state index contributed by atoms with van der Waals surface area (Å²) in [5.74, 6) is 0.102. The van der Waals surface area contributed by atoms with Crippen molar-refractivity contribution in [2.75, 3.05) is 13.1 Å². The highest BCUT2D eigenvalue weighted by Crippen LogP contribution is 1.80. The Labute approximate surface area is 41.5 Å². The topological polar surface area (TPSA) is 44.6 Å². The zero-order chi connectivity index (χ0) is 5.28. The highest BCUT2D eigenvalue weighted by molar-refractivity contribution is 5.80. The monoisotopic (exact) mass is 101 g/mol. The Morgan fingerprint density at radius 2 is 2.43 bits per heavy atom. The van der Waals surface area contributed by atoms with Gasteiger partial charge in [0.25, 0.3) is 0 Å². The van der Waals surface area contributed by atoms with E-state index in [2.05, 4.69) is 0 Å². The van der Waals surface area contributed by atoms with E-state index in [1.54, 1.807) is 0 Å². The first-order chi connectivity index (χ1) is 3.29. The van der Waals surface area contributed by atoms with Gasteiger partial charge in [0.05, 0.1) is 13.0 Å². The van der Waals surface area contributed by atoms with Crippen LogP contribution in [0.3, 0.4) is 0 Å². The molecule has 3 nitrogen and oxygen atoms in total. The number of hydrogen-bond acceptors (Lipinski definition) is 2. The Bertz CT molecular complexity index is 91.7. The molecule has 1 atom stereocenters. The molecule has 3 heteroatoms. The van der Waals surface area contributed by atoms with Crippen LogP contribution < -0.4 is 5.06 Å². The number of rotatable bonds is 0. The van der Waals surface area contributed by atoms with Crippen LogP contribution >= 0.6 is 0 Å². The fourth-order valence-electron chi connectivity index (χ4n) is 0.676. The molecule has 1 heterocycles. The van der Waals surface area contributed by atoms with Crippen LogP contribution in [0.1, 0.15) is 6.42 Å². The van der Waals surface area contributed by atoms with Crippen molar-refractivity contribution in [1.82, 2.24) is 0 Å². The molecular weight excluding hydrogens is 94.0 g/mol. The highest BCUT2D eigenvalue weighted by Gasteiger charge is 2.15. The maximum atomic E-state index is 10.2. The van der Waals surface area contributed by atoms with Gasteiger partial charge in [0.15, 0.2) is 5.78 Å². The molecule has 0 saturated carbocycles. The van der Waals surface area contributed by atoms with Gasteiger partial charge in [-0.15, -0.1) is 0 Å². The van der Waals surface area contributed by atoms with E-state index in [0.29, 0.717) is 13.0 Å². The molecule has 0 amide bonds. The van der Waals surface area contributed by atoms with Gasteiger partial charge in [-0.25, -0.2) is 0 Å². The Morgan fingerprint density at radius 1 is 1.71 bits per heavy atom.